The molecule has 0 saturated heterocycles. The van der Waals surface area contributed by atoms with Gasteiger partial charge in [-0.2, -0.15) is 0 Å². The highest BCUT2D eigenvalue weighted by Crippen LogP contribution is 2.39. The highest BCUT2D eigenvalue weighted by atomic mass is 19.1. The predicted octanol–water partition coefficient (Wildman–Crippen LogP) is 7.04. The standard InChI is InChI=1S/C34H25FN4O3/c1-19-24(8-5-9-28(19)39-34(42)21-10-12-22(35)13-11-21)25-16-17-27(32(36)40)31-30(25)26-15-14-23(18-29(26)38-31)37-33(41)20-6-3-2-4-7-20/h2-18,38H,1H3,(H2,36,40)(H,37,41)(H,39,42). The van der Waals surface area contributed by atoms with Crippen LogP contribution < -0.4 is 16.4 Å². The van der Waals surface area contributed by atoms with E-state index in [1.807, 2.05) is 49.4 Å². The number of amides is 3. The van der Waals surface area contributed by atoms with Crippen LogP contribution in [0.5, 0.6) is 0 Å². The fourth-order valence-electron chi connectivity index (χ4n) is 5.17. The molecule has 0 atom stereocenters. The minimum Gasteiger partial charge on any atom is -0.366 e. The van der Waals surface area contributed by atoms with Gasteiger partial charge in [-0.05, 0) is 84.3 Å². The van der Waals surface area contributed by atoms with Crippen LogP contribution >= 0.6 is 0 Å². The van der Waals surface area contributed by atoms with Gasteiger partial charge in [-0.3, -0.25) is 14.4 Å². The summed E-state index contributed by atoms with van der Waals surface area (Å²) in [4.78, 5) is 41.3. The third kappa shape index (κ3) is 4.86. The van der Waals surface area contributed by atoms with Crippen LogP contribution in [0, 0.1) is 12.7 Å². The maximum atomic E-state index is 13.3. The number of anilines is 2. The molecular formula is C34H25FN4O3. The van der Waals surface area contributed by atoms with E-state index >= 15 is 0 Å². The number of primary amides is 1. The van der Waals surface area contributed by atoms with E-state index in [0.29, 0.717) is 39.1 Å². The van der Waals surface area contributed by atoms with Crippen molar-refractivity contribution in [2.24, 2.45) is 5.73 Å². The fraction of sp³-hybridized carbons (Fsp3) is 0.0294. The normalized spacial score (nSPS) is 11.0. The van der Waals surface area contributed by atoms with Gasteiger partial charge in [-0.25, -0.2) is 4.39 Å². The number of nitrogens with one attached hydrogen (secondary N) is 3. The highest BCUT2D eigenvalue weighted by Gasteiger charge is 2.19. The molecule has 3 amide bonds. The van der Waals surface area contributed by atoms with Crippen molar-refractivity contribution in [3.63, 3.8) is 0 Å². The summed E-state index contributed by atoms with van der Waals surface area (Å²) in [6.45, 7) is 1.90. The zero-order valence-electron chi connectivity index (χ0n) is 22.5. The summed E-state index contributed by atoms with van der Waals surface area (Å²) in [6.07, 6.45) is 0. The van der Waals surface area contributed by atoms with Crippen LogP contribution in [0.1, 0.15) is 36.6 Å². The van der Waals surface area contributed by atoms with Crippen LogP contribution in [-0.2, 0) is 0 Å². The maximum absolute atomic E-state index is 13.3. The molecule has 0 aliphatic carbocycles. The van der Waals surface area contributed by atoms with Crippen LogP contribution in [0.15, 0.2) is 103 Å². The largest absolute Gasteiger partial charge is 0.366 e. The summed E-state index contributed by atoms with van der Waals surface area (Å²) < 4.78 is 13.3. The van der Waals surface area contributed by atoms with E-state index < -0.39 is 11.7 Å². The molecule has 1 aromatic heterocycles. The number of hydrogen-bond acceptors (Lipinski definition) is 3. The van der Waals surface area contributed by atoms with Crippen molar-refractivity contribution >= 4 is 50.9 Å². The molecule has 6 aromatic rings. The van der Waals surface area contributed by atoms with Crippen molar-refractivity contribution in [1.29, 1.82) is 0 Å². The van der Waals surface area contributed by atoms with E-state index in [2.05, 4.69) is 15.6 Å². The quantitative estimate of drug-likeness (QED) is 0.176. The van der Waals surface area contributed by atoms with E-state index in [1.54, 1.807) is 36.4 Å². The minimum absolute atomic E-state index is 0.236. The number of aromatic nitrogens is 1. The van der Waals surface area contributed by atoms with Crippen LogP contribution in [-0.4, -0.2) is 22.7 Å². The predicted molar refractivity (Wildman–Crippen MR) is 163 cm³/mol. The van der Waals surface area contributed by atoms with Crippen LogP contribution in [0.3, 0.4) is 0 Å². The van der Waals surface area contributed by atoms with Gasteiger partial charge in [0.25, 0.3) is 17.7 Å². The Morgan fingerprint density at radius 2 is 1.45 bits per heavy atom. The summed E-state index contributed by atoms with van der Waals surface area (Å²) in [6, 6.07) is 28.9. The lowest BCUT2D eigenvalue weighted by molar-refractivity contribution is 0.0997. The first-order valence-electron chi connectivity index (χ1n) is 13.2. The summed E-state index contributed by atoms with van der Waals surface area (Å²) in [7, 11) is 0. The van der Waals surface area contributed by atoms with Crippen LogP contribution in [0.4, 0.5) is 15.8 Å². The van der Waals surface area contributed by atoms with Gasteiger partial charge in [0, 0.05) is 38.8 Å². The van der Waals surface area contributed by atoms with E-state index in [-0.39, 0.29) is 11.8 Å². The lowest BCUT2D eigenvalue weighted by atomic mass is 9.93. The molecule has 0 bridgehead atoms. The zero-order chi connectivity index (χ0) is 29.4. The van der Waals surface area contributed by atoms with Gasteiger partial charge < -0.3 is 21.4 Å². The van der Waals surface area contributed by atoms with Gasteiger partial charge in [0.2, 0.25) is 0 Å². The third-order valence-corrected chi connectivity index (χ3v) is 7.29. The number of rotatable bonds is 6. The van der Waals surface area contributed by atoms with Gasteiger partial charge in [-0.1, -0.05) is 42.5 Å². The smallest absolute Gasteiger partial charge is 0.255 e. The lowest BCUT2D eigenvalue weighted by Crippen LogP contribution is -2.13. The Kier molecular flexibility index (Phi) is 6.72. The molecule has 1 heterocycles. The summed E-state index contributed by atoms with van der Waals surface area (Å²) >= 11 is 0. The maximum Gasteiger partial charge on any atom is 0.255 e. The molecule has 0 aliphatic heterocycles. The molecule has 0 unspecified atom stereocenters. The Labute approximate surface area is 240 Å². The Bertz CT molecular complexity index is 2020. The second-order valence-corrected chi connectivity index (χ2v) is 9.92. The van der Waals surface area contributed by atoms with E-state index in [1.165, 1.54) is 24.3 Å². The number of carbonyl (C=O) groups is 3. The van der Waals surface area contributed by atoms with Crippen molar-refractivity contribution in [3.8, 4) is 11.1 Å². The van der Waals surface area contributed by atoms with Gasteiger partial charge in [0.05, 0.1) is 11.1 Å². The van der Waals surface area contributed by atoms with Crippen molar-refractivity contribution < 1.29 is 18.8 Å². The molecular weight excluding hydrogens is 531 g/mol. The highest BCUT2D eigenvalue weighted by molar-refractivity contribution is 6.20. The Morgan fingerprint density at radius 1 is 0.738 bits per heavy atom. The molecule has 5 aromatic carbocycles. The number of H-pyrrole nitrogens is 1. The summed E-state index contributed by atoms with van der Waals surface area (Å²) in [5.74, 6) is -1.59. The average Bonchev–Trinajstić information content (AvgIpc) is 3.37. The average molecular weight is 557 g/mol. The number of halogens is 1. The number of benzene rings is 5. The second-order valence-electron chi connectivity index (χ2n) is 9.92. The Balaban J connectivity index is 1.43. The first-order chi connectivity index (χ1) is 20.3. The zero-order valence-corrected chi connectivity index (χ0v) is 22.5. The first-order valence-corrected chi connectivity index (χ1v) is 13.2. The number of carbonyl (C=O) groups excluding carboxylic acids is 3. The fourth-order valence-corrected chi connectivity index (χ4v) is 5.17. The summed E-state index contributed by atoms with van der Waals surface area (Å²) in [5.41, 5.74) is 11.9. The number of aromatic amines is 1. The van der Waals surface area contributed by atoms with Gasteiger partial charge in [0.15, 0.2) is 0 Å². The van der Waals surface area contributed by atoms with Gasteiger partial charge in [0.1, 0.15) is 5.82 Å². The molecule has 5 N–H and O–H groups in total. The molecule has 0 radical (unpaired) electrons. The second kappa shape index (κ2) is 10.7. The molecule has 0 spiro atoms. The first kappa shape index (κ1) is 26.5. The van der Waals surface area contributed by atoms with Crippen molar-refractivity contribution in [2.45, 2.75) is 6.92 Å². The monoisotopic (exact) mass is 556 g/mol. The SMILES string of the molecule is Cc1c(NC(=O)c2ccc(F)cc2)cccc1-c1ccc(C(N)=O)c2[nH]c3cc(NC(=O)c4ccccc4)ccc3c12. The van der Waals surface area contributed by atoms with E-state index in [4.69, 9.17) is 5.73 Å². The number of hydrogen-bond donors (Lipinski definition) is 4. The van der Waals surface area contributed by atoms with Gasteiger partial charge in [-0.15, -0.1) is 0 Å². The number of fused-ring (bicyclic) bond motifs is 3. The molecule has 8 heteroatoms. The van der Waals surface area contributed by atoms with Crippen molar-refractivity contribution in [1.82, 2.24) is 4.98 Å². The molecule has 42 heavy (non-hydrogen) atoms. The molecule has 0 fully saturated rings. The Morgan fingerprint density at radius 3 is 2.19 bits per heavy atom. The van der Waals surface area contributed by atoms with Crippen molar-refractivity contribution in [3.05, 3.63) is 131 Å². The lowest BCUT2D eigenvalue weighted by Gasteiger charge is -2.15. The molecule has 0 saturated carbocycles. The van der Waals surface area contributed by atoms with E-state index in [9.17, 15) is 18.8 Å². The number of nitrogens with two attached hydrogens (primary N) is 1. The third-order valence-electron chi connectivity index (χ3n) is 7.29. The minimum atomic E-state index is -0.576. The Hall–Kier alpha value is -5.76. The van der Waals surface area contributed by atoms with Crippen molar-refractivity contribution in [2.75, 3.05) is 10.6 Å². The van der Waals surface area contributed by atoms with E-state index in [0.717, 1.165) is 27.5 Å². The molecule has 6 rings (SSSR count). The molecule has 206 valence electrons. The van der Waals surface area contributed by atoms with Crippen LogP contribution in [0.25, 0.3) is 32.9 Å². The van der Waals surface area contributed by atoms with Gasteiger partial charge >= 0.3 is 0 Å². The van der Waals surface area contributed by atoms with Crippen LogP contribution in [0.2, 0.25) is 0 Å². The topological polar surface area (TPSA) is 117 Å². The molecule has 0 aliphatic rings. The summed E-state index contributed by atoms with van der Waals surface area (Å²) in [5, 5.41) is 7.46. The molecule has 7 nitrogen and oxygen atoms in total.